The summed E-state index contributed by atoms with van der Waals surface area (Å²) in [5.41, 5.74) is 2.89. The van der Waals surface area contributed by atoms with Crippen LogP contribution in [0, 0.1) is 0 Å². The number of methoxy groups -OCH3 is 2. The second kappa shape index (κ2) is 9.91. The summed E-state index contributed by atoms with van der Waals surface area (Å²) in [4.78, 5) is 30.5. The molecule has 1 aliphatic heterocycles. The van der Waals surface area contributed by atoms with Gasteiger partial charge in [0.1, 0.15) is 17.1 Å². The van der Waals surface area contributed by atoms with E-state index < -0.39 is 11.8 Å². The molecule has 3 aromatic carbocycles. The molecule has 8 heteroatoms. The van der Waals surface area contributed by atoms with Crippen LogP contribution in [0.3, 0.4) is 0 Å². The molecule has 7 nitrogen and oxygen atoms in total. The minimum atomic E-state index is -0.488. The highest BCUT2D eigenvalue weighted by Crippen LogP contribution is 2.33. The zero-order chi connectivity index (χ0) is 26.1. The van der Waals surface area contributed by atoms with Crippen molar-refractivity contribution in [2.45, 2.75) is 13.5 Å². The van der Waals surface area contributed by atoms with Crippen LogP contribution in [-0.2, 0) is 16.1 Å². The average molecular weight is 512 g/mol. The first-order chi connectivity index (χ1) is 18.0. The predicted octanol–water partition coefficient (Wildman–Crippen LogP) is 5.43. The normalized spacial score (nSPS) is 13.9. The summed E-state index contributed by atoms with van der Waals surface area (Å²) >= 11 is 5.72. The Morgan fingerprint density at radius 3 is 1.78 bits per heavy atom. The van der Waals surface area contributed by atoms with E-state index in [1.165, 1.54) is 9.80 Å². The van der Waals surface area contributed by atoms with Crippen molar-refractivity contribution in [1.82, 2.24) is 4.57 Å². The van der Waals surface area contributed by atoms with Gasteiger partial charge in [-0.2, -0.15) is 0 Å². The molecule has 0 spiro atoms. The third-order valence-corrected chi connectivity index (χ3v) is 6.74. The first-order valence-electron chi connectivity index (χ1n) is 11.8. The summed E-state index contributed by atoms with van der Waals surface area (Å²) in [6.07, 6.45) is 3.62. The Labute approximate surface area is 220 Å². The number of fused-ring (bicyclic) bond motifs is 1. The molecule has 1 saturated heterocycles. The molecule has 1 fully saturated rings. The van der Waals surface area contributed by atoms with E-state index in [1.807, 2.05) is 30.5 Å². The van der Waals surface area contributed by atoms with Crippen molar-refractivity contribution in [3.63, 3.8) is 0 Å². The van der Waals surface area contributed by atoms with Crippen LogP contribution in [0.15, 0.2) is 84.6 Å². The van der Waals surface area contributed by atoms with E-state index >= 15 is 0 Å². The van der Waals surface area contributed by atoms with Crippen molar-refractivity contribution in [2.24, 2.45) is 0 Å². The van der Waals surface area contributed by atoms with Crippen LogP contribution in [0.5, 0.6) is 11.5 Å². The van der Waals surface area contributed by atoms with E-state index in [1.54, 1.807) is 68.8 Å². The molecule has 2 heterocycles. The van der Waals surface area contributed by atoms with Crippen LogP contribution in [0.25, 0.3) is 17.0 Å². The SMILES string of the molecule is CCn1cc(C=C2C(=O)N(c3ccc(OC)cc3)C(=S)N(c3ccc(OC)cc3)C2=O)c2ccccc21. The fraction of sp³-hybridized carbons (Fsp3) is 0.138. The third-order valence-electron chi connectivity index (χ3n) is 6.37. The van der Waals surface area contributed by atoms with Crippen LogP contribution in [0.4, 0.5) is 11.4 Å². The molecular formula is C29H25N3O4S. The van der Waals surface area contributed by atoms with Crippen LogP contribution >= 0.6 is 12.2 Å². The van der Waals surface area contributed by atoms with E-state index in [0.717, 1.165) is 23.0 Å². The lowest BCUT2D eigenvalue weighted by Gasteiger charge is -2.36. The van der Waals surface area contributed by atoms with E-state index in [4.69, 9.17) is 21.7 Å². The summed E-state index contributed by atoms with van der Waals surface area (Å²) in [5, 5.41) is 1.02. The highest BCUT2D eigenvalue weighted by Gasteiger charge is 2.41. The molecule has 37 heavy (non-hydrogen) atoms. The van der Waals surface area contributed by atoms with Crippen molar-refractivity contribution in [1.29, 1.82) is 0 Å². The van der Waals surface area contributed by atoms with Crippen molar-refractivity contribution in [3.8, 4) is 11.5 Å². The highest BCUT2D eigenvalue weighted by molar-refractivity contribution is 7.81. The number of hydrogen-bond donors (Lipinski definition) is 0. The van der Waals surface area contributed by atoms with Gasteiger partial charge in [0, 0.05) is 29.2 Å². The van der Waals surface area contributed by atoms with Gasteiger partial charge in [-0.15, -0.1) is 0 Å². The van der Waals surface area contributed by atoms with Gasteiger partial charge in [0.05, 0.1) is 25.6 Å². The smallest absolute Gasteiger partial charge is 0.270 e. The van der Waals surface area contributed by atoms with Crippen LogP contribution in [-0.4, -0.2) is 35.7 Å². The van der Waals surface area contributed by atoms with E-state index in [0.29, 0.717) is 22.9 Å². The van der Waals surface area contributed by atoms with E-state index in [2.05, 4.69) is 11.5 Å². The number of rotatable bonds is 6. The Kier molecular flexibility index (Phi) is 6.50. The highest BCUT2D eigenvalue weighted by atomic mass is 32.1. The fourth-order valence-corrected chi connectivity index (χ4v) is 4.83. The molecule has 0 unspecified atom stereocenters. The number of nitrogens with zero attached hydrogens (tertiary/aromatic N) is 3. The second-order valence-electron chi connectivity index (χ2n) is 8.41. The second-order valence-corrected chi connectivity index (χ2v) is 8.77. The third kappa shape index (κ3) is 4.25. The maximum Gasteiger partial charge on any atom is 0.270 e. The summed E-state index contributed by atoms with van der Waals surface area (Å²) < 4.78 is 12.6. The fourth-order valence-electron chi connectivity index (χ4n) is 4.45. The van der Waals surface area contributed by atoms with Gasteiger partial charge in [0.2, 0.25) is 0 Å². The first-order valence-corrected chi connectivity index (χ1v) is 12.2. The van der Waals surface area contributed by atoms with Crippen LogP contribution in [0.2, 0.25) is 0 Å². The predicted molar refractivity (Wildman–Crippen MR) is 149 cm³/mol. The lowest BCUT2D eigenvalue weighted by atomic mass is 10.0. The maximum absolute atomic E-state index is 13.9. The molecule has 2 amide bonds. The topological polar surface area (TPSA) is 64.0 Å². The number of benzene rings is 3. The van der Waals surface area contributed by atoms with Gasteiger partial charge < -0.3 is 14.0 Å². The van der Waals surface area contributed by atoms with Crippen molar-refractivity contribution >= 4 is 57.5 Å². The molecule has 1 aromatic heterocycles. The molecule has 0 radical (unpaired) electrons. The number of hydrogen-bond acceptors (Lipinski definition) is 5. The quantitative estimate of drug-likeness (QED) is 0.196. The van der Waals surface area contributed by atoms with Gasteiger partial charge in [-0.3, -0.25) is 19.4 Å². The van der Waals surface area contributed by atoms with Crippen molar-refractivity contribution in [2.75, 3.05) is 24.0 Å². The summed E-state index contributed by atoms with van der Waals surface area (Å²) in [5.74, 6) is 0.312. The van der Waals surface area contributed by atoms with Gasteiger partial charge in [-0.25, -0.2) is 0 Å². The summed E-state index contributed by atoms with van der Waals surface area (Å²) in [6.45, 7) is 2.81. The summed E-state index contributed by atoms with van der Waals surface area (Å²) in [6, 6.07) is 21.9. The Morgan fingerprint density at radius 2 is 1.30 bits per heavy atom. The molecule has 0 N–H and O–H groups in total. The number of carbonyl (C=O) groups excluding carboxylic acids is 2. The Hall–Kier alpha value is -4.43. The maximum atomic E-state index is 13.9. The monoisotopic (exact) mass is 511 g/mol. The number of anilines is 2. The molecule has 5 rings (SSSR count). The number of aryl methyl sites for hydroxylation is 1. The van der Waals surface area contributed by atoms with E-state index in [-0.39, 0.29) is 10.7 Å². The van der Waals surface area contributed by atoms with Crippen molar-refractivity contribution in [3.05, 3.63) is 90.1 Å². The lowest BCUT2D eigenvalue weighted by Crippen LogP contribution is -2.56. The standard InChI is InChI=1S/C29H25N3O4S/c1-4-30-18-19(24-7-5-6-8-26(24)30)17-25-27(33)31(20-9-13-22(35-2)14-10-20)29(37)32(28(25)34)21-11-15-23(36-3)16-12-21/h5-18H,4H2,1-3H3. The Bertz CT molecular complexity index is 1470. The number of amides is 2. The minimum absolute atomic E-state index is 0.0132. The first kappa shape index (κ1) is 24.3. The number of para-hydroxylation sites is 1. The van der Waals surface area contributed by atoms with Gasteiger partial charge in [-0.1, -0.05) is 18.2 Å². The molecule has 0 bridgehead atoms. The molecule has 4 aromatic rings. The van der Waals surface area contributed by atoms with Gasteiger partial charge >= 0.3 is 0 Å². The Balaban J connectivity index is 1.67. The molecular weight excluding hydrogens is 486 g/mol. The zero-order valence-electron chi connectivity index (χ0n) is 20.7. The largest absolute Gasteiger partial charge is 0.497 e. The molecule has 1 aliphatic rings. The van der Waals surface area contributed by atoms with Crippen molar-refractivity contribution < 1.29 is 19.1 Å². The van der Waals surface area contributed by atoms with Gasteiger partial charge in [-0.05, 0) is 79.8 Å². The van der Waals surface area contributed by atoms with Crippen LogP contribution < -0.4 is 19.3 Å². The molecule has 186 valence electrons. The molecule has 0 atom stereocenters. The average Bonchev–Trinajstić information content (AvgIpc) is 3.29. The van der Waals surface area contributed by atoms with Crippen LogP contribution in [0.1, 0.15) is 12.5 Å². The number of aromatic nitrogens is 1. The summed E-state index contributed by atoms with van der Waals surface area (Å²) in [7, 11) is 3.15. The molecule has 0 aliphatic carbocycles. The zero-order valence-corrected chi connectivity index (χ0v) is 21.5. The van der Waals surface area contributed by atoms with Gasteiger partial charge in [0.15, 0.2) is 5.11 Å². The lowest BCUT2D eigenvalue weighted by molar-refractivity contribution is -0.120. The number of ether oxygens (including phenoxy) is 2. The Morgan fingerprint density at radius 1 is 0.784 bits per heavy atom. The minimum Gasteiger partial charge on any atom is -0.497 e. The number of carbonyl (C=O) groups is 2. The molecule has 0 saturated carbocycles. The van der Waals surface area contributed by atoms with E-state index in [9.17, 15) is 9.59 Å². The number of thiocarbonyl (C=S) groups is 1. The van der Waals surface area contributed by atoms with Gasteiger partial charge in [0.25, 0.3) is 11.8 Å².